The third-order valence-electron chi connectivity index (χ3n) is 5.33. The third-order valence-corrected chi connectivity index (χ3v) is 5.33. The Hall–Kier alpha value is -2.56. The van der Waals surface area contributed by atoms with Crippen LogP contribution >= 0.6 is 0 Å². The van der Waals surface area contributed by atoms with E-state index in [4.69, 9.17) is 13.9 Å². The van der Waals surface area contributed by atoms with Crippen molar-refractivity contribution in [2.45, 2.75) is 51.7 Å². The number of carbonyl (C=O) groups excluding carboxylic acids is 1. The molecule has 5 rings (SSSR count). The molecule has 0 bridgehead atoms. The fraction of sp³-hybridized carbons (Fsp3) is 0.429. The topological polar surface area (TPSA) is 65.7 Å². The van der Waals surface area contributed by atoms with Crippen molar-refractivity contribution in [2.75, 3.05) is 0 Å². The number of ether oxygens (including phenoxy) is 2. The SMILES string of the molecule is CCCc1cc(=O)oc2c3c(c4c(c12)OC(C)(C)C=C4)OC1CC1C3=O. The van der Waals surface area contributed by atoms with E-state index in [2.05, 4.69) is 6.92 Å². The van der Waals surface area contributed by atoms with Crippen molar-refractivity contribution in [1.82, 2.24) is 0 Å². The highest BCUT2D eigenvalue weighted by atomic mass is 16.5. The van der Waals surface area contributed by atoms with Crippen molar-refractivity contribution in [1.29, 1.82) is 0 Å². The Balaban J connectivity index is 1.94. The summed E-state index contributed by atoms with van der Waals surface area (Å²) in [4.78, 5) is 25.1. The van der Waals surface area contributed by atoms with E-state index in [1.807, 2.05) is 26.0 Å². The van der Waals surface area contributed by atoms with E-state index in [-0.39, 0.29) is 17.8 Å². The first-order chi connectivity index (χ1) is 12.4. The summed E-state index contributed by atoms with van der Waals surface area (Å²) in [7, 11) is 0. The van der Waals surface area contributed by atoms with E-state index in [1.54, 1.807) is 0 Å². The minimum atomic E-state index is -0.491. The van der Waals surface area contributed by atoms with E-state index >= 15 is 0 Å². The summed E-state index contributed by atoms with van der Waals surface area (Å²) in [6.45, 7) is 6.00. The van der Waals surface area contributed by atoms with E-state index < -0.39 is 11.2 Å². The smallest absolute Gasteiger partial charge is 0.336 e. The van der Waals surface area contributed by atoms with Gasteiger partial charge in [0.15, 0.2) is 11.4 Å². The zero-order valence-electron chi connectivity index (χ0n) is 15.0. The maximum Gasteiger partial charge on any atom is 0.336 e. The number of hydrogen-bond donors (Lipinski definition) is 0. The fourth-order valence-corrected chi connectivity index (χ4v) is 4.01. The van der Waals surface area contributed by atoms with Crippen LogP contribution in [0.4, 0.5) is 0 Å². The molecule has 3 heterocycles. The second kappa shape index (κ2) is 5.00. The Morgan fingerprint density at radius 3 is 2.81 bits per heavy atom. The number of benzene rings is 1. The van der Waals surface area contributed by atoms with Gasteiger partial charge in [0, 0.05) is 6.07 Å². The second-order valence-electron chi connectivity index (χ2n) is 7.89. The summed E-state index contributed by atoms with van der Waals surface area (Å²) >= 11 is 0. The molecule has 0 amide bonds. The molecule has 0 saturated heterocycles. The van der Waals surface area contributed by atoms with Crippen LogP contribution in [-0.2, 0) is 6.42 Å². The van der Waals surface area contributed by atoms with Crippen molar-refractivity contribution in [3.05, 3.63) is 39.3 Å². The van der Waals surface area contributed by atoms with Gasteiger partial charge < -0.3 is 13.9 Å². The Labute approximate surface area is 150 Å². The lowest BCUT2D eigenvalue weighted by Gasteiger charge is -2.31. The zero-order chi connectivity index (χ0) is 18.2. The van der Waals surface area contributed by atoms with Crippen LogP contribution in [0.15, 0.2) is 21.4 Å². The molecular formula is C21H20O5. The van der Waals surface area contributed by atoms with Crippen molar-refractivity contribution in [3.63, 3.8) is 0 Å². The normalized spacial score (nSPS) is 24.3. The summed E-state index contributed by atoms with van der Waals surface area (Å²) in [5.41, 5.74) is 1.41. The molecule has 26 heavy (non-hydrogen) atoms. The number of rotatable bonds is 2. The maximum absolute atomic E-state index is 13.0. The lowest BCUT2D eigenvalue weighted by Crippen LogP contribution is -2.29. The minimum Gasteiger partial charge on any atom is -0.488 e. The van der Waals surface area contributed by atoms with E-state index in [0.717, 1.165) is 29.4 Å². The monoisotopic (exact) mass is 352 g/mol. The molecule has 2 aliphatic heterocycles. The maximum atomic E-state index is 13.0. The highest BCUT2D eigenvalue weighted by Gasteiger charge is 2.52. The van der Waals surface area contributed by atoms with Gasteiger partial charge in [0.2, 0.25) is 0 Å². The molecule has 2 aromatic rings. The van der Waals surface area contributed by atoms with Gasteiger partial charge in [-0.3, -0.25) is 4.79 Å². The molecule has 1 aromatic heterocycles. The van der Waals surface area contributed by atoms with Gasteiger partial charge >= 0.3 is 5.63 Å². The number of ketones is 1. The molecule has 5 nitrogen and oxygen atoms in total. The van der Waals surface area contributed by atoms with E-state index in [0.29, 0.717) is 29.1 Å². The van der Waals surface area contributed by atoms with Crippen molar-refractivity contribution >= 4 is 22.8 Å². The van der Waals surface area contributed by atoms with Crippen molar-refractivity contribution < 1.29 is 18.7 Å². The number of hydrogen-bond acceptors (Lipinski definition) is 5. The first-order valence-corrected chi connectivity index (χ1v) is 9.15. The van der Waals surface area contributed by atoms with Gasteiger partial charge in [-0.05, 0) is 44.4 Å². The van der Waals surface area contributed by atoms with Crippen molar-refractivity contribution in [3.8, 4) is 11.5 Å². The number of fused-ring (bicyclic) bond motifs is 7. The minimum absolute atomic E-state index is 0.0130. The zero-order valence-corrected chi connectivity index (χ0v) is 15.0. The summed E-state index contributed by atoms with van der Waals surface area (Å²) < 4.78 is 17.9. The molecule has 0 spiro atoms. The van der Waals surface area contributed by atoms with Crippen LogP contribution in [0.2, 0.25) is 0 Å². The van der Waals surface area contributed by atoms with E-state index in [1.165, 1.54) is 6.07 Å². The molecule has 2 unspecified atom stereocenters. The van der Waals surface area contributed by atoms with Crippen LogP contribution in [0.3, 0.4) is 0 Å². The Morgan fingerprint density at radius 2 is 2.04 bits per heavy atom. The molecule has 2 atom stereocenters. The van der Waals surface area contributed by atoms with Crippen molar-refractivity contribution in [2.24, 2.45) is 5.92 Å². The molecule has 0 N–H and O–H groups in total. The third kappa shape index (κ3) is 2.09. The fourth-order valence-electron chi connectivity index (χ4n) is 4.01. The first kappa shape index (κ1) is 15.7. The number of carbonyl (C=O) groups is 1. The first-order valence-electron chi connectivity index (χ1n) is 9.15. The summed E-state index contributed by atoms with van der Waals surface area (Å²) in [6.07, 6.45) is 6.17. The highest BCUT2D eigenvalue weighted by molar-refractivity contribution is 6.15. The highest BCUT2D eigenvalue weighted by Crippen LogP contribution is 2.53. The average molecular weight is 352 g/mol. The second-order valence-corrected chi connectivity index (χ2v) is 7.89. The van der Waals surface area contributed by atoms with Gasteiger partial charge in [-0.1, -0.05) is 13.3 Å². The molecule has 1 aromatic carbocycles. The lowest BCUT2D eigenvalue weighted by molar-refractivity contribution is 0.0919. The molecule has 1 aliphatic carbocycles. The van der Waals surface area contributed by atoms with Gasteiger partial charge in [0.25, 0.3) is 0 Å². The van der Waals surface area contributed by atoms with Crippen LogP contribution in [0.5, 0.6) is 11.5 Å². The molecule has 0 radical (unpaired) electrons. The predicted molar refractivity (Wildman–Crippen MR) is 97.1 cm³/mol. The molecule has 5 heteroatoms. The molecule has 1 saturated carbocycles. The van der Waals surface area contributed by atoms with Gasteiger partial charge in [-0.2, -0.15) is 0 Å². The summed E-state index contributed by atoms with van der Waals surface area (Å²) in [6, 6.07) is 1.52. The van der Waals surface area contributed by atoms with Gasteiger partial charge in [0.05, 0.1) is 16.9 Å². The van der Waals surface area contributed by atoms with Crippen LogP contribution in [-0.4, -0.2) is 17.5 Å². The summed E-state index contributed by atoms with van der Waals surface area (Å²) in [5.74, 6) is 1.04. The lowest BCUT2D eigenvalue weighted by atomic mass is 9.90. The quantitative estimate of drug-likeness (QED) is 0.767. The molecular weight excluding hydrogens is 332 g/mol. The Morgan fingerprint density at radius 1 is 1.23 bits per heavy atom. The van der Waals surface area contributed by atoms with Crippen LogP contribution in [0.1, 0.15) is 55.1 Å². The van der Waals surface area contributed by atoms with Gasteiger partial charge in [-0.25, -0.2) is 4.79 Å². The average Bonchev–Trinajstić information content (AvgIpc) is 3.33. The van der Waals surface area contributed by atoms with E-state index in [9.17, 15) is 9.59 Å². The van der Waals surface area contributed by atoms with Gasteiger partial charge in [-0.15, -0.1) is 0 Å². The van der Waals surface area contributed by atoms with Crippen LogP contribution in [0.25, 0.3) is 17.0 Å². The molecule has 134 valence electrons. The number of aryl methyl sites for hydroxylation is 1. The molecule has 3 aliphatic rings. The number of Topliss-reactive ketones (excluding diaryl/α,β-unsaturated/α-hetero) is 1. The standard InChI is InChI=1S/C21H20O5/c1-4-5-10-8-14(22)25-20-15(10)19-11(6-7-21(2,3)26-19)18-16(20)17(23)12-9-13(12)24-18/h6-8,12-13H,4-5,9H2,1-3H3. The Bertz CT molecular complexity index is 1060. The Kier molecular flexibility index (Phi) is 3.01. The van der Waals surface area contributed by atoms with Crippen LogP contribution in [0, 0.1) is 5.92 Å². The predicted octanol–water partition coefficient (Wildman–Crippen LogP) is 3.89. The summed E-state index contributed by atoms with van der Waals surface area (Å²) in [5, 5.41) is 0.730. The molecule has 1 fully saturated rings. The van der Waals surface area contributed by atoms with Crippen LogP contribution < -0.4 is 15.1 Å². The van der Waals surface area contributed by atoms with Gasteiger partial charge in [0.1, 0.15) is 28.8 Å². The largest absolute Gasteiger partial charge is 0.488 e.